The lowest BCUT2D eigenvalue weighted by Gasteiger charge is -2.29. The Kier molecular flexibility index (Phi) is 4.84. The number of piperidine rings is 1. The Balaban J connectivity index is 1.48. The zero-order valence-electron chi connectivity index (χ0n) is 12.9. The second-order valence-electron chi connectivity index (χ2n) is 6.19. The van der Waals surface area contributed by atoms with E-state index in [9.17, 15) is 0 Å². The highest BCUT2D eigenvalue weighted by Crippen LogP contribution is 2.17. The first-order chi connectivity index (χ1) is 10.3. The summed E-state index contributed by atoms with van der Waals surface area (Å²) in [7, 11) is 2.22. The van der Waals surface area contributed by atoms with E-state index >= 15 is 0 Å². The SMILES string of the molecule is CN1CCC(CNCCc2cccc3cccnc23)CC1. The maximum absolute atomic E-state index is 4.52. The minimum atomic E-state index is 0.854. The summed E-state index contributed by atoms with van der Waals surface area (Å²) in [5.41, 5.74) is 2.50. The topological polar surface area (TPSA) is 28.2 Å². The molecule has 2 heterocycles. The minimum Gasteiger partial charge on any atom is -0.316 e. The first-order valence-corrected chi connectivity index (χ1v) is 8.05. The molecule has 2 aromatic rings. The Morgan fingerprint density at radius 2 is 2.00 bits per heavy atom. The Hall–Kier alpha value is -1.45. The summed E-state index contributed by atoms with van der Waals surface area (Å²) in [6.07, 6.45) is 5.61. The molecular formula is C18H25N3. The summed E-state index contributed by atoms with van der Waals surface area (Å²) in [5, 5.41) is 4.88. The fraction of sp³-hybridized carbons (Fsp3) is 0.500. The van der Waals surface area contributed by atoms with E-state index in [1.54, 1.807) is 0 Å². The van der Waals surface area contributed by atoms with Gasteiger partial charge in [-0.05, 0) is 70.0 Å². The maximum atomic E-state index is 4.52. The molecule has 1 aliphatic heterocycles. The van der Waals surface area contributed by atoms with E-state index in [2.05, 4.69) is 46.5 Å². The van der Waals surface area contributed by atoms with Crippen LogP contribution in [0.3, 0.4) is 0 Å². The van der Waals surface area contributed by atoms with E-state index in [0.29, 0.717) is 0 Å². The highest BCUT2D eigenvalue weighted by Gasteiger charge is 2.15. The molecule has 0 aliphatic carbocycles. The van der Waals surface area contributed by atoms with Crippen LogP contribution in [0.4, 0.5) is 0 Å². The summed E-state index contributed by atoms with van der Waals surface area (Å²) in [6, 6.07) is 10.6. The lowest BCUT2D eigenvalue weighted by molar-refractivity contribution is 0.216. The Morgan fingerprint density at radius 3 is 2.86 bits per heavy atom. The molecule has 21 heavy (non-hydrogen) atoms. The summed E-state index contributed by atoms with van der Waals surface area (Å²) in [6.45, 7) is 4.70. The molecule has 0 bridgehead atoms. The van der Waals surface area contributed by atoms with Crippen LogP contribution in [-0.2, 0) is 6.42 Å². The lowest BCUT2D eigenvalue weighted by Crippen LogP contribution is -2.35. The van der Waals surface area contributed by atoms with Gasteiger partial charge in [-0.25, -0.2) is 0 Å². The third kappa shape index (κ3) is 3.80. The highest BCUT2D eigenvalue weighted by molar-refractivity contribution is 5.81. The number of rotatable bonds is 5. The van der Waals surface area contributed by atoms with Crippen molar-refractivity contribution in [2.75, 3.05) is 33.2 Å². The highest BCUT2D eigenvalue weighted by atomic mass is 15.1. The molecular weight excluding hydrogens is 258 g/mol. The number of para-hydroxylation sites is 1. The predicted octanol–water partition coefficient (Wildman–Crippen LogP) is 2.71. The number of pyridine rings is 1. The van der Waals surface area contributed by atoms with E-state index in [0.717, 1.165) is 30.9 Å². The van der Waals surface area contributed by atoms with Crippen molar-refractivity contribution < 1.29 is 0 Å². The van der Waals surface area contributed by atoms with Gasteiger partial charge >= 0.3 is 0 Å². The molecule has 3 heteroatoms. The molecule has 0 spiro atoms. The van der Waals surface area contributed by atoms with Crippen LogP contribution in [0.5, 0.6) is 0 Å². The van der Waals surface area contributed by atoms with Crippen molar-refractivity contribution >= 4 is 10.9 Å². The molecule has 0 amide bonds. The number of benzene rings is 1. The molecule has 0 saturated carbocycles. The normalized spacial score (nSPS) is 17.4. The standard InChI is InChI=1S/C18H25N3/c1-21-12-8-15(9-13-21)14-19-11-7-17-5-2-4-16-6-3-10-20-18(16)17/h2-6,10,15,19H,7-9,11-14H2,1H3. The number of likely N-dealkylation sites (tertiary alicyclic amines) is 1. The quantitative estimate of drug-likeness (QED) is 0.855. The number of nitrogens with zero attached hydrogens (tertiary/aromatic N) is 2. The number of aromatic nitrogens is 1. The van der Waals surface area contributed by atoms with E-state index in [-0.39, 0.29) is 0 Å². The van der Waals surface area contributed by atoms with Crippen LogP contribution in [0, 0.1) is 5.92 Å². The number of hydrogen-bond acceptors (Lipinski definition) is 3. The van der Waals surface area contributed by atoms with Crippen molar-refractivity contribution in [2.24, 2.45) is 5.92 Å². The predicted molar refractivity (Wildman–Crippen MR) is 88.5 cm³/mol. The summed E-state index contributed by atoms with van der Waals surface area (Å²) >= 11 is 0. The number of fused-ring (bicyclic) bond motifs is 1. The van der Waals surface area contributed by atoms with Crippen molar-refractivity contribution in [3.05, 3.63) is 42.1 Å². The smallest absolute Gasteiger partial charge is 0.0734 e. The van der Waals surface area contributed by atoms with Crippen LogP contribution in [0.15, 0.2) is 36.5 Å². The number of hydrogen-bond donors (Lipinski definition) is 1. The first kappa shape index (κ1) is 14.5. The molecule has 1 aromatic carbocycles. The van der Waals surface area contributed by atoms with E-state index in [1.807, 2.05) is 12.3 Å². The van der Waals surface area contributed by atoms with E-state index in [1.165, 1.54) is 36.9 Å². The zero-order valence-corrected chi connectivity index (χ0v) is 12.9. The van der Waals surface area contributed by atoms with Gasteiger partial charge in [0.25, 0.3) is 0 Å². The van der Waals surface area contributed by atoms with Gasteiger partial charge in [-0.3, -0.25) is 4.98 Å². The van der Waals surface area contributed by atoms with Crippen molar-refractivity contribution in [1.82, 2.24) is 15.2 Å². The monoisotopic (exact) mass is 283 g/mol. The molecule has 0 unspecified atom stereocenters. The third-order valence-corrected chi connectivity index (χ3v) is 4.56. The molecule has 0 radical (unpaired) electrons. The largest absolute Gasteiger partial charge is 0.316 e. The molecule has 0 atom stereocenters. The van der Waals surface area contributed by atoms with Gasteiger partial charge < -0.3 is 10.2 Å². The second-order valence-corrected chi connectivity index (χ2v) is 6.19. The van der Waals surface area contributed by atoms with Crippen LogP contribution in [0.25, 0.3) is 10.9 Å². The van der Waals surface area contributed by atoms with E-state index in [4.69, 9.17) is 0 Å². The summed E-state index contributed by atoms with van der Waals surface area (Å²) in [4.78, 5) is 6.95. The van der Waals surface area contributed by atoms with Gasteiger partial charge in [-0.2, -0.15) is 0 Å². The van der Waals surface area contributed by atoms with Crippen molar-refractivity contribution in [3.63, 3.8) is 0 Å². The van der Waals surface area contributed by atoms with Crippen LogP contribution < -0.4 is 5.32 Å². The molecule has 3 nitrogen and oxygen atoms in total. The number of nitrogens with one attached hydrogen (secondary N) is 1. The second kappa shape index (κ2) is 7.01. The van der Waals surface area contributed by atoms with Crippen molar-refractivity contribution in [2.45, 2.75) is 19.3 Å². The average molecular weight is 283 g/mol. The average Bonchev–Trinajstić information content (AvgIpc) is 2.53. The van der Waals surface area contributed by atoms with Crippen LogP contribution in [0.2, 0.25) is 0 Å². The van der Waals surface area contributed by atoms with Crippen LogP contribution >= 0.6 is 0 Å². The molecule has 1 aromatic heterocycles. The Bertz CT molecular complexity index is 568. The summed E-state index contributed by atoms with van der Waals surface area (Å²) < 4.78 is 0. The fourth-order valence-corrected chi connectivity index (χ4v) is 3.16. The van der Waals surface area contributed by atoms with Gasteiger partial charge in [0.05, 0.1) is 5.52 Å². The van der Waals surface area contributed by atoms with Crippen LogP contribution in [0.1, 0.15) is 18.4 Å². The fourth-order valence-electron chi connectivity index (χ4n) is 3.16. The van der Waals surface area contributed by atoms with Gasteiger partial charge in [0.2, 0.25) is 0 Å². The van der Waals surface area contributed by atoms with Crippen LogP contribution in [-0.4, -0.2) is 43.1 Å². The van der Waals surface area contributed by atoms with Crippen molar-refractivity contribution in [1.29, 1.82) is 0 Å². The van der Waals surface area contributed by atoms with Gasteiger partial charge in [-0.1, -0.05) is 24.3 Å². The van der Waals surface area contributed by atoms with Gasteiger partial charge in [0.15, 0.2) is 0 Å². The molecule has 1 aliphatic rings. The van der Waals surface area contributed by atoms with E-state index < -0.39 is 0 Å². The minimum absolute atomic E-state index is 0.854. The molecule has 1 fully saturated rings. The third-order valence-electron chi connectivity index (χ3n) is 4.56. The lowest BCUT2D eigenvalue weighted by atomic mass is 9.97. The molecule has 112 valence electrons. The Labute approximate surface area is 127 Å². The van der Waals surface area contributed by atoms with Gasteiger partial charge in [0.1, 0.15) is 0 Å². The summed E-state index contributed by atoms with van der Waals surface area (Å²) in [5.74, 6) is 0.854. The molecule has 1 saturated heterocycles. The molecule has 3 rings (SSSR count). The van der Waals surface area contributed by atoms with Crippen molar-refractivity contribution in [3.8, 4) is 0 Å². The first-order valence-electron chi connectivity index (χ1n) is 8.05. The molecule has 1 N–H and O–H groups in total. The van der Waals surface area contributed by atoms with Gasteiger partial charge in [0, 0.05) is 11.6 Å². The maximum Gasteiger partial charge on any atom is 0.0734 e. The Morgan fingerprint density at radius 1 is 1.19 bits per heavy atom. The van der Waals surface area contributed by atoms with Gasteiger partial charge in [-0.15, -0.1) is 0 Å². The zero-order chi connectivity index (χ0) is 14.5.